The molecular formula is C29H49NSiTi. The summed E-state index contributed by atoms with van der Waals surface area (Å²) < 4.78 is 5.33. The third-order valence-corrected chi connectivity index (χ3v) is 34.8. The normalized spacial score (nSPS) is 23.7. The van der Waals surface area contributed by atoms with Gasteiger partial charge in [0.1, 0.15) is 0 Å². The number of benzene rings is 1. The van der Waals surface area contributed by atoms with Crippen LogP contribution >= 0.6 is 0 Å². The first kappa shape index (κ1) is 25.0. The molecule has 0 spiro atoms. The first-order valence-corrected chi connectivity index (χ1v) is 23.6. The van der Waals surface area contributed by atoms with Crippen molar-refractivity contribution in [3.8, 4) is 0 Å². The van der Waals surface area contributed by atoms with Crippen molar-refractivity contribution < 1.29 is 14.3 Å². The third-order valence-electron chi connectivity index (χ3n) is 9.61. The molecule has 1 saturated carbocycles. The standard InChI is InChI=1S/C13H13.C12H24N.C2H6Si.2CH3.Ti/c1-9-5-12-7-10-3-2-4-11(10)8-13(12)6-9;13-12-10-8-6-4-2-1-3-5-7-9-11-12;1-3-2;;;/h5-8H,2-4H2,1H3;12-13H,1-11H2;1-2H3;2*1H3;/q;-1;;;;+1. The van der Waals surface area contributed by atoms with Crippen LogP contribution in [0.1, 0.15) is 110 Å². The van der Waals surface area contributed by atoms with E-state index in [1.165, 1.54) is 89.9 Å². The molecule has 3 heteroatoms. The molecule has 4 rings (SSSR count). The van der Waals surface area contributed by atoms with Crippen molar-refractivity contribution in [1.82, 2.24) is 3.80 Å². The molecule has 0 radical (unpaired) electrons. The second-order valence-corrected chi connectivity index (χ2v) is 34.7. The molecule has 178 valence electrons. The van der Waals surface area contributed by atoms with Gasteiger partial charge in [-0.05, 0) is 0 Å². The fraction of sp³-hybridized carbons (Fsp3) is 0.724. The average Bonchev–Trinajstić information content (AvgIpc) is 3.30. The van der Waals surface area contributed by atoms with Crippen LogP contribution in [0.3, 0.4) is 0 Å². The molecule has 0 aromatic heterocycles. The van der Waals surface area contributed by atoms with Crippen molar-refractivity contribution >= 4 is 12.3 Å². The van der Waals surface area contributed by atoms with Crippen molar-refractivity contribution in [2.75, 3.05) is 0 Å². The van der Waals surface area contributed by atoms with Gasteiger partial charge in [-0.25, -0.2) is 0 Å². The molecule has 3 aliphatic carbocycles. The fourth-order valence-electron chi connectivity index (χ4n) is 7.21. The van der Waals surface area contributed by atoms with Crippen molar-refractivity contribution in [2.45, 2.75) is 131 Å². The van der Waals surface area contributed by atoms with Gasteiger partial charge in [0.05, 0.1) is 0 Å². The zero-order valence-corrected chi connectivity index (χ0v) is 24.3. The van der Waals surface area contributed by atoms with Crippen LogP contribution in [0.4, 0.5) is 0 Å². The summed E-state index contributed by atoms with van der Waals surface area (Å²) in [6, 6.07) is 5.98. The number of fused-ring (bicyclic) bond motifs is 2. The summed E-state index contributed by atoms with van der Waals surface area (Å²) in [5, 5.41) is 5.60. The second-order valence-electron chi connectivity index (χ2n) is 12.5. The summed E-state index contributed by atoms with van der Waals surface area (Å²) in [7, 11) is 0. The van der Waals surface area contributed by atoms with Crippen LogP contribution in [0.15, 0.2) is 17.7 Å². The summed E-state index contributed by atoms with van der Waals surface area (Å²) in [5.41, 5.74) is 8.24. The van der Waals surface area contributed by atoms with Gasteiger partial charge in [-0.1, -0.05) is 0 Å². The van der Waals surface area contributed by atoms with E-state index in [9.17, 15) is 0 Å². The molecule has 32 heavy (non-hydrogen) atoms. The Labute approximate surface area is 200 Å². The predicted octanol–water partition coefficient (Wildman–Crippen LogP) is 8.85. The van der Waals surface area contributed by atoms with Crippen LogP contribution in [0.5, 0.6) is 0 Å². The Morgan fingerprint density at radius 2 is 1.31 bits per heavy atom. The first-order chi connectivity index (χ1) is 15.3. The van der Waals surface area contributed by atoms with Crippen LogP contribution in [0.25, 0.3) is 6.08 Å². The zero-order valence-electron chi connectivity index (χ0n) is 21.8. The van der Waals surface area contributed by atoms with Crippen LogP contribution in [-0.4, -0.2) is 12.2 Å². The van der Waals surface area contributed by atoms with Gasteiger partial charge in [0, 0.05) is 0 Å². The van der Waals surface area contributed by atoms with Gasteiger partial charge < -0.3 is 0 Å². The molecule has 3 aliphatic rings. The Bertz CT molecular complexity index is 919. The summed E-state index contributed by atoms with van der Waals surface area (Å²) in [6.45, 7) is 7.74. The minimum absolute atomic E-state index is 0.449. The summed E-state index contributed by atoms with van der Waals surface area (Å²) in [5.74, 6) is 0. The van der Waals surface area contributed by atoms with Crippen molar-refractivity contribution in [2.24, 2.45) is 0 Å². The third kappa shape index (κ3) is 5.09. The maximum atomic E-state index is 4.64. The van der Waals surface area contributed by atoms with Gasteiger partial charge in [-0.3, -0.25) is 0 Å². The molecule has 0 bridgehead atoms. The van der Waals surface area contributed by atoms with E-state index in [4.69, 9.17) is 0 Å². The number of hydrogen-bond donors (Lipinski definition) is 1. The SMILES string of the molecule is CC1=Cc2cc3c(cc2[CH]1[Ti]([CH3])([CH3])([NH]C1CCCCCCCCCCC1)=[Si](C)C)CCC3. The Morgan fingerprint density at radius 1 is 0.781 bits per heavy atom. The molecule has 1 atom stereocenters. The van der Waals surface area contributed by atoms with E-state index < -0.39 is 20.5 Å². The number of aryl methyl sites for hydroxylation is 2. The van der Waals surface area contributed by atoms with Crippen LogP contribution in [0, 0.1) is 0 Å². The molecule has 1 unspecified atom stereocenters. The van der Waals surface area contributed by atoms with E-state index in [0.717, 1.165) is 6.04 Å². The van der Waals surface area contributed by atoms with Crippen molar-refractivity contribution in [1.29, 1.82) is 0 Å². The Morgan fingerprint density at radius 3 is 1.88 bits per heavy atom. The summed E-state index contributed by atoms with van der Waals surface area (Å²) in [4.78, 5) is 0. The van der Waals surface area contributed by atoms with Crippen LogP contribution in [-0.2, 0) is 27.1 Å². The van der Waals surface area contributed by atoms with E-state index in [0.29, 0.717) is 4.22 Å². The first-order valence-electron chi connectivity index (χ1n) is 13.9. The summed E-state index contributed by atoms with van der Waals surface area (Å²) >= 11 is -3.01. The Balaban J connectivity index is 1.65. The minimum atomic E-state index is -3.01. The Kier molecular flexibility index (Phi) is 7.98. The van der Waals surface area contributed by atoms with Gasteiger partial charge in [-0.15, -0.1) is 0 Å². The molecule has 1 nitrogen and oxygen atoms in total. The molecule has 1 fully saturated rings. The van der Waals surface area contributed by atoms with Crippen LogP contribution < -0.4 is 3.80 Å². The van der Waals surface area contributed by atoms with Gasteiger partial charge in [-0.2, -0.15) is 0 Å². The van der Waals surface area contributed by atoms with Gasteiger partial charge in [0.15, 0.2) is 0 Å². The molecule has 0 amide bonds. The number of hydrogen-bond acceptors (Lipinski definition) is 1. The van der Waals surface area contributed by atoms with E-state index in [1.807, 2.05) is 0 Å². The number of rotatable bonds is 3. The monoisotopic (exact) mass is 487 g/mol. The van der Waals surface area contributed by atoms with E-state index >= 15 is 0 Å². The van der Waals surface area contributed by atoms with E-state index in [2.05, 4.69) is 52.5 Å². The molecule has 0 aliphatic heterocycles. The van der Waals surface area contributed by atoms with Gasteiger partial charge in [0.2, 0.25) is 0 Å². The molecule has 0 heterocycles. The quantitative estimate of drug-likeness (QED) is 0.420. The van der Waals surface area contributed by atoms with Crippen molar-refractivity contribution in [3.05, 3.63) is 40.0 Å². The molecule has 1 aromatic rings. The number of allylic oxidation sites excluding steroid dienone is 1. The Hall–Kier alpha value is -0.149. The average molecular weight is 488 g/mol. The number of nitrogens with one attached hydrogen (secondary N) is 1. The van der Waals surface area contributed by atoms with Crippen molar-refractivity contribution in [3.63, 3.8) is 0 Å². The fourth-order valence-corrected chi connectivity index (χ4v) is 21.3. The van der Waals surface area contributed by atoms with E-state index in [-0.39, 0.29) is 0 Å². The van der Waals surface area contributed by atoms with E-state index in [1.54, 1.807) is 27.8 Å². The second kappa shape index (κ2) is 10.2. The van der Waals surface area contributed by atoms with Gasteiger partial charge >= 0.3 is 201 Å². The predicted molar refractivity (Wildman–Crippen MR) is 142 cm³/mol. The zero-order chi connectivity index (χ0) is 22.8. The molecule has 0 saturated heterocycles. The molecule has 1 N–H and O–H groups in total. The van der Waals surface area contributed by atoms with Crippen LogP contribution in [0.2, 0.25) is 23.6 Å². The van der Waals surface area contributed by atoms with Gasteiger partial charge in [0.25, 0.3) is 0 Å². The topological polar surface area (TPSA) is 12.0 Å². The molecular weight excluding hydrogens is 438 g/mol. The summed E-state index contributed by atoms with van der Waals surface area (Å²) in [6.07, 6.45) is 22.0. The maximum absolute atomic E-state index is 4.64. The molecule has 1 aromatic carbocycles.